The molecule has 4 aromatic rings. The van der Waals surface area contributed by atoms with E-state index in [1.807, 2.05) is 29.6 Å². The van der Waals surface area contributed by atoms with Gasteiger partial charge in [0.15, 0.2) is 0 Å². The second-order valence-corrected chi connectivity index (χ2v) is 6.22. The van der Waals surface area contributed by atoms with E-state index in [2.05, 4.69) is 15.1 Å². The zero-order valence-corrected chi connectivity index (χ0v) is 11.7. The standard InChI is InChI=1S/C13H8N4OS2/c14-11-2-1-9(20-11)13-16-12(17-18-13)7-5-10-8(15-6-7)3-4-19-10/h1-6H,14H2. The van der Waals surface area contributed by atoms with Gasteiger partial charge in [-0.2, -0.15) is 4.98 Å². The first kappa shape index (κ1) is 11.6. The Kier molecular flexibility index (Phi) is 2.54. The van der Waals surface area contributed by atoms with Crippen LogP contribution in [0.1, 0.15) is 0 Å². The Morgan fingerprint density at radius 1 is 1.20 bits per heavy atom. The smallest absolute Gasteiger partial charge is 0.268 e. The van der Waals surface area contributed by atoms with Crippen molar-refractivity contribution in [1.82, 2.24) is 15.1 Å². The molecule has 0 radical (unpaired) electrons. The molecule has 0 aliphatic heterocycles. The summed E-state index contributed by atoms with van der Waals surface area (Å²) in [5.41, 5.74) is 7.53. The summed E-state index contributed by atoms with van der Waals surface area (Å²) < 4.78 is 6.39. The van der Waals surface area contributed by atoms with Crippen LogP contribution in [0.25, 0.3) is 32.4 Å². The molecule has 0 fully saturated rings. The Balaban J connectivity index is 1.77. The number of nitrogens with two attached hydrogens (primary N) is 1. The lowest BCUT2D eigenvalue weighted by Gasteiger charge is -1.93. The fourth-order valence-corrected chi connectivity index (χ4v) is 3.35. The number of fused-ring (bicyclic) bond motifs is 1. The first-order valence-electron chi connectivity index (χ1n) is 5.82. The van der Waals surface area contributed by atoms with Gasteiger partial charge in [0, 0.05) is 11.8 Å². The molecule has 4 rings (SSSR count). The summed E-state index contributed by atoms with van der Waals surface area (Å²) in [5.74, 6) is 1.02. The van der Waals surface area contributed by atoms with Crippen LogP contribution in [-0.4, -0.2) is 15.1 Å². The van der Waals surface area contributed by atoms with Gasteiger partial charge in [0.1, 0.15) is 0 Å². The number of pyridine rings is 1. The maximum absolute atomic E-state index is 5.70. The van der Waals surface area contributed by atoms with E-state index in [0.29, 0.717) is 11.7 Å². The largest absolute Gasteiger partial charge is 0.391 e. The third kappa shape index (κ3) is 1.87. The van der Waals surface area contributed by atoms with Gasteiger partial charge in [0.2, 0.25) is 5.82 Å². The highest BCUT2D eigenvalue weighted by molar-refractivity contribution is 7.19. The fraction of sp³-hybridized carbons (Fsp3) is 0. The van der Waals surface area contributed by atoms with Gasteiger partial charge >= 0.3 is 0 Å². The lowest BCUT2D eigenvalue weighted by atomic mass is 10.2. The minimum Gasteiger partial charge on any atom is -0.391 e. The molecule has 2 N–H and O–H groups in total. The quantitative estimate of drug-likeness (QED) is 0.611. The molecule has 7 heteroatoms. The Hall–Kier alpha value is -2.25. The van der Waals surface area contributed by atoms with Crippen molar-refractivity contribution >= 4 is 37.9 Å². The van der Waals surface area contributed by atoms with Crippen LogP contribution < -0.4 is 5.73 Å². The highest BCUT2D eigenvalue weighted by Gasteiger charge is 2.13. The Morgan fingerprint density at radius 3 is 3.00 bits per heavy atom. The number of hydrogen-bond acceptors (Lipinski definition) is 7. The molecule has 5 nitrogen and oxygen atoms in total. The summed E-state index contributed by atoms with van der Waals surface area (Å²) in [5, 5.41) is 6.74. The maximum atomic E-state index is 5.70. The molecule has 0 atom stereocenters. The van der Waals surface area contributed by atoms with E-state index >= 15 is 0 Å². The molecule has 20 heavy (non-hydrogen) atoms. The number of hydrogen-bond donors (Lipinski definition) is 1. The van der Waals surface area contributed by atoms with Crippen LogP contribution in [0, 0.1) is 0 Å². The lowest BCUT2D eigenvalue weighted by Crippen LogP contribution is -1.82. The summed E-state index contributed by atoms with van der Waals surface area (Å²) >= 11 is 3.06. The molecule has 98 valence electrons. The van der Waals surface area contributed by atoms with Crippen LogP contribution in [0.2, 0.25) is 0 Å². The molecular formula is C13H8N4OS2. The van der Waals surface area contributed by atoms with Crippen LogP contribution in [-0.2, 0) is 0 Å². The van der Waals surface area contributed by atoms with Gasteiger partial charge in [-0.05, 0) is 29.6 Å². The van der Waals surface area contributed by atoms with Crippen LogP contribution in [0.3, 0.4) is 0 Å². The normalized spacial score (nSPS) is 11.2. The van der Waals surface area contributed by atoms with Crippen molar-refractivity contribution in [3.63, 3.8) is 0 Å². The van der Waals surface area contributed by atoms with E-state index in [0.717, 1.165) is 25.7 Å². The number of rotatable bonds is 2. The highest BCUT2D eigenvalue weighted by atomic mass is 32.1. The van der Waals surface area contributed by atoms with E-state index in [1.165, 1.54) is 11.3 Å². The average Bonchev–Trinajstić information content (AvgIpc) is 3.17. The minimum atomic E-state index is 0.480. The minimum absolute atomic E-state index is 0.480. The number of anilines is 1. The molecular weight excluding hydrogens is 292 g/mol. The predicted molar refractivity (Wildman–Crippen MR) is 80.6 cm³/mol. The van der Waals surface area contributed by atoms with Crippen molar-refractivity contribution in [3.05, 3.63) is 35.8 Å². The first-order valence-corrected chi connectivity index (χ1v) is 7.52. The summed E-state index contributed by atoms with van der Waals surface area (Å²) in [6.07, 6.45) is 1.76. The van der Waals surface area contributed by atoms with Gasteiger partial charge in [-0.15, -0.1) is 22.7 Å². The SMILES string of the molecule is Nc1ccc(-c2nc(-c3cnc4ccsc4c3)no2)s1. The van der Waals surface area contributed by atoms with Crippen molar-refractivity contribution in [2.45, 2.75) is 0 Å². The molecule has 0 amide bonds. The van der Waals surface area contributed by atoms with E-state index in [1.54, 1.807) is 17.5 Å². The summed E-state index contributed by atoms with van der Waals surface area (Å²) in [4.78, 5) is 9.64. The molecule has 0 spiro atoms. The summed E-state index contributed by atoms with van der Waals surface area (Å²) in [7, 11) is 0. The molecule has 0 unspecified atom stereocenters. The second kappa shape index (κ2) is 4.39. The summed E-state index contributed by atoms with van der Waals surface area (Å²) in [6.45, 7) is 0. The van der Waals surface area contributed by atoms with Crippen LogP contribution in [0.4, 0.5) is 5.00 Å². The zero-order valence-electron chi connectivity index (χ0n) is 10.1. The third-order valence-corrected chi connectivity index (χ3v) is 4.58. The van der Waals surface area contributed by atoms with Crippen molar-refractivity contribution in [2.75, 3.05) is 5.73 Å². The topological polar surface area (TPSA) is 77.8 Å². The van der Waals surface area contributed by atoms with Crippen molar-refractivity contribution < 1.29 is 4.52 Å². The fourth-order valence-electron chi connectivity index (χ4n) is 1.88. The average molecular weight is 300 g/mol. The van der Waals surface area contributed by atoms with Crippen molar-refractivity contribution in [1.29, 1.82) is 0 Å². The third-order valence-electron chi connectivity index (χ3n) is 2.82. The van der Waals surface area contributed by atoms with E-state index < -0.39 is 0 Å². The highest BCUT2D eigenvalue weighted by Crippen LogP contribution is 2.30. The van der Waals surface area contributed by atoms with Crippen LogP contribution in [0.15, 0.2) is 40.4 Å². The van der Waals surface area contributed by atoms with Crippen molar-refractivity contribution in [3.8, 4) is 22.2 Å². The van der Waals surface area contributed by atoms with Gasteiger partial charge < -0.3 is 10.3 Å². The Bertz CT molecular complexity index is 892. The van der Waals surface area contributed by atoms with E-state index in [4.69, 9.17) is 10.3 Å². The molecule has 0 bridgehead atoms. The molecule has 0 aromatic carbocycles. The maximum Gasteiger partial charge on any atom is 0.268 e. The van der Waals surface area contributed by atoms with Gasteiger partial charge in [0.05, 0.1) is 20.1 Å². The second-order valence-electron chi connectivity index (χ2n) is 4.15. The molecule has 4 heterocycles. The van der Waals surface area contributed by atoms with Gasteiger partial charge in [-0.3, -0.25) is 4.98 Å². The Morgan fingerprint density at radius 2 is 2.15 bits per heavy atom. The lowest BCUT2D eigenvalue weighted by molar-refractivity contribution is 0.433. The molecule has 0 aliphatic rings. The predicted octanol–water partition coefficient (Wildman–Crippen LogP) is 3.66. The van der Waals surface area contributed by atoms with Gasteiger partial charge in [0.25, 0.3) is 5.89 Å². The van der Waals surface area contributed by atoms with E-state index in [9.17, 15) is 0 Å². The van der Waals surface area contributed by atoms with Gasteiger partial charge in [-0.25, -0.2) is 0 Å². The number of nitrogens with zero attached hydrogens (tertiary/aromatic N) is 3. The van der Waals surface area contributed by atoms with Crippen molar-refractivity contribution in [2.24, 2.45) is 0 Å². The molecule has 0 saturated heterocycles. The molecule has 4 aromatic heterocycles. The van der Waals surface area contributed by atoms with Gasteiger partial charge in [-0.1, -0.05) is 5.16 Å². The summed E-state index contributed by atoms with van der Waals surface area (Å²) in [6, 6.07) is 7.70. The monoisotopic (exact) mass is 300 g/mol. The first-order chi connectivity index (χ1) is 9.79. The van der Waals surface area contributed by atoms with Crippen LogP contribution >= 0.6 is 22.7 Å². The van der Waals surface area contributed by atoms with E-state index in [-0.39, 0.29) is 0 Å². The number of aromatic nitrogens is 3. The van der Waals surface area contributed by atoms with Crippen LogP contribution in [0.5, 0.6) is 0 Å². The number of nitrogen functional groups attached to an aromatic ring is 1. The molecule has 0 aliphatic carbocycles. The number of thiophene rings is 2. The molecule has 0 saturated carbocycles. The Labute approximate surface area is 121 Å². The zero-order chi connectivity index (χ0) is 13.5.